The lowest BCUT2D eigenvalue weighted by Crippen LogP contribution is -2.63. The van der Waals surface area contributed by atoms with Crippen molar-refractivity contribution < 1.29 is 29.3 Å². The Bertz CT molecular complexity index is 899. The van der Waals surface area contributed by atoms with Crippen LogP contribution in [0.2, 0.25) is 0 Å². The summed E-state index contributed by atoms with van der Waals surface area (Å²) in [6.07, 6.45) is 7.49. The molecule has 1 saturated heterocycles. The summed E-state index contributed by atoms with van der Waals surface area (Å²) in [5, 5.41) is 24.8. The second-order valence-electron chi connectivity index (χ2n) is 11.1. The zero-order valence-corrected chi connectivity index (χ0v) is 19.9. The third kappa shape index (κ3) is 3.12. The maximum atomic E-state index is 13.3. The summed E-state index contributed by atoms with van der Waals surface area (Å²) in [5.74, 6) is -0.0469. The topological polar surface area (TPSA) is 105 Å². The van der Waals surface area contributed by atoms with Gasteiger partial charge in [0.15, 0.2) is 23.5 Å². The van der Waals surface area contributed by atoms with E-state index in [9.17, 15) is 19.8 Å². The SMILES string of the molecule is CCCNCC1O[C@@H]2C[C@H]3[C@@H]4CCC5=CC(=O)C=C[C@]5(C)[C@H]4[C@@H](O)C[C@]3(C)[C@]2(C(=O)CO)O1. The minimum absolute atomic E-state index is 0.0171. The van der Waals surface area contributed by atoms with Crippen molar-refractivity contribution in [3.05, 3.63) is 23.8 Å². The van der Waals surface area contributed by atoms with Gasteiger partial charge >= 0.3 is 0 Å². The normalized spacial score (nSPS) is 48.0. The number of carbonyl (C=O) groups excluding carboxylic acids is 2. The molecule has 0 spiro atoms. The molecule has 4 aliphatic carbocycles. The first-order valence-electron chi connectivity index (χ1n) is 12.5. The molecule has 3 N–H and O–H groups in total. The van der Waals surface area contributed by atoms with Gasteiger partial charge in [0.05, 0.1) is 12.2 Å². The monoisotopic (exact) mass is 459 g/mol. The minimum Gasteiger partial charge on any atom is -0.393 e. The lowest BCUT2D eigenvalue weighted by molar-refractivity contribution is -0.198. The third-order valence-electron chi connectivity index (χ3n) is 9.58. The molecule has 33 heavy (non-hydrogen) atoms. The maximum Gasteiger partial charge on any atom is 0.193 e. The Morgan fingerprint density at radius 2 is 2.12 bits per heavy atom. The highest BCUT2D eigenvalue weighted by Crippen LogP contribution is 2.69. The van der Waals surface area contributed by atoms with Crippen LogP contribution in [0.1, 0.15) is 52.9 Å². The molecule has 5 aliphatic rings. The quantitative estimate of drug-likeness (QED) is 0.521. The molecule has 7 heteroatoms. The van der Waals surface area contributed by atoms with Crippen molar-refractivity contribution in [3.8, 4) is 0 Å². The van der Waals surface area contributed by atoms with Gasteiger partial charge in [-0.25, -0.2) is 0 Å². The fraction of sp³-hybridized carbons (Fsp3) is 0.769. The highest BCUT2D eigenvalue weighted by Gasteiger charge is 2.75. The molecule has 0 bridgehead atoms. The van der Waals surface area contributed by atoms with Gasteiger partial charge in [-0.2, -0.15) is 0 Å². The Hall–Kier alpha value is -1.38. The second-order valence-corrected chi connectivity index (χ2v) is 11.1. The molecule has 3 saturated carbocycles. The highest BCUT2D eigenvalue weighted by molar-refractivity contribution is 6.01. The molecule has 0 aromatic carbocycles. The number of ketones is 2. The van der Waals surface area contributed by atoms with E-state index in [4.69, 9.17) is 9.47 Å². The van der Waals surface area contributed by atoms with Crippen LogP contribution in [0.15, 0.2) is 23.8 Å². The van der Waals surface area contributed by atoms with E-state index >= 15 is 0 Å². The van der Waals surface area contributed by atoms with E-state index in [-0.39, 0.29) is 34.7 Å². The lowest BCUT2D eigenvalue weighted by atomic mass is 9.46. The van der Waals surface area contributed by atoms with Gasteiger partial charge < -0.3 is 25.0 Å². The summed E-state index contributed by atoms with van der Waals surface area (Å²) in [6, 6.07) is 0. The lowest BCUT2D eigenvalue weighted by Gasteiger charge is -2.59. The van der Waals surface area contributed by atoms with Crippen molar-refractivity contribution in [2.75, 3.05) is 19.7 Å². The fourth-order valence-corrected chi connectivity index (χ4v) is 8.25. The van der Waals surface area contributed by atoms with Crippen LogP contribution in [0.3, 0.4) is 0 Å². The number of ether oxygens (including phenoxy) is 2. The van der Waals surface area contributed by atoms with Crippen LogP contribution in [0.5, 0.6) is 0 Å². The van der Waals surface area contributed by atoms with Gasteiger partial charge in [0, 0.05) is 23.3 Å². The average molecular weight is 460 g/mol. The molecule has 4 fully saturated rings. The first-order valence-corrected chi connectivity index (χ1v) is 12.5. The Balaban J connectivity index is 1.49. The summed E-state index contributed by atoms with van der Waals surface area (Å²) in [4.78, 5) is 25.4. The van der Waals surface area contributed by atoms with Crippen LogP contribution in [-0.2, 0) is 19.1 Å². The standard InChI is InChI=1S/C26H37NO6/c1-4-9-27-13-22-32-21-11-18-17-6-5-15-10-16(29)7-8-24(15,2)23(17)19(30)12-25(18,3)26(21,33-22)20(31)14-28/h7-8,10,17-19,21-23,27-28,30H,4-6,9,11-14H2,1-3H3/t17-,18-,19-,21+,22?,23+,24-,25-,26+/m0/s1. The van der Waals surface area contributed by atoms with Crippen molar-refractivity contribution in [1.82, 2.24) is 5.32 Å². The zero-order chi connectivity index (χ0) is 23.6. The van der Waals surface area contributed by atoms with Gasteiger partial charge in [-0.05, 0) is 62.6 Å². The summed E-state index contributed by atoms with van der Waals surface area (Å²) in [5.41, 5.74) is -1.14. The molecule has 182 valence electrons. The molecule has 1 aliphatic heterocycles. The number of allylic oxidation sites excluding steroid dienone is 4. The van der Waals surface area contributed by atoms with E-state index in [0.29, 0.717) is 19.4 Å². The van der Waals surface area contributed by atoms with Crippen LogP contribution in [0.25, 0.3) is 0 Å². The molecule has 7 nitrogen and oxygen atoms in total. The van der Waals surface area contributed by atoms with Crippen LogP contribution < -0.4 is 5.32 Å². The van der Waals surface area contributed by atoms with Gasteiger partial charge in [-0.3, -0.25) is 9.59 Å². The molecule has 1 unspecified atom stereocenters. The Morgan fingerprint density at radius 3 is 2.85 bits per heavy atom. The molecular formula is C26H37NO6. The van der Waals surface area contributed by atoms with Crippen LogP contribution in [0.4, 0.5) is 0 Å². The largest absolute Gasteiger partial charge is 0.393 e. The van der Waals surface area contributed by atoms with Crippen LogP contribution in [-0.4, -0.2) is 65.6 Å². The van der Waals surface area contributed by atoms with Gasteiger partial charge in [0.1, 0.15) is 6.61 Å². The summed E-state index contributed by atoms with van der Waals surface area (Å²) in [6.45, 7) is 7.01. The number of fused-ring (bicyclic) bond motifs is 7. The van der Waals surface area contributed by atoms with E-state index in [0.717, 1.165) is 31.4 Å². The van der Waals surface area contributed by atoms with E-state index < -0.39 is 36.1 Å². The van der Waals surface area contributed by atoms with Crippen molar-refractivity contribution >= 4 is 11.6 Å². The predicted octanol–water partition coefficient (Wildman–Crippen LogP) is 1.92. The van der Waals surface area contributed by atoms with Gasteiger partial charge in [0.2, 0.25) is 0 Å². The number of aliphatic hydroxyl groups is 2. The summed E-state index contributed by atoms with van der Waals surface area (Å²) in [7, 11) is 0. The number of hydrogen-bond donors (Lipinski definition) is 3. The second kappa shape index (κ2) is 8.09. The number of rotatable bonds is 6. The first kappa shape index (κ1) is 23.4. The molecule has 9 atom stereocenters. The molecule has 5 rings (SSSR count). The third-order valence-corrected chi connectivity index (χ3v) is 9.58. The number of carbonyl (C=O) groups is 2. The molecule has 0 radical (unpaired) electrons. The molecule has 0 amide bonds. The van der Waals surface area contributed by atoms with Gasteiger partial charge in [-0.15, -0.1) is 0 Å². The van der Waals surface area contributed by atoms with Crippen molar-refractivity contribution in [2.45, 2.75) is 77.0 Å². The Kier molecular flexibility index (Phi) is 5.73. The highest BCUT2D eigenvalue weighted by atomic mass is 16.7. The number of aliphatic hydroxyl groups excluding tert-OH is 2. The van der Waals surface area contributed by atoms with E-state index in [1.165, 1.54) is 0 Å². The van der Waals surface area contributed by atoms with Gasteiger partial charge in [0.25, 0.3) is 0 Å². The molecule has 0 aromatic rings. The van der Waals surface area contributed by atoms with Crippen LogP contribution in [0, 0.1) is 28.6 Å². The molecule has 0 aromatic heterocycles. The number of nitrogens with one attached hydrogen (secondary N) is 1. The Morgan fingerprint density at radius 1 is 1.33 bits per heavy atom. The number of Topliss-reactive ketones (excluding diaryl/α,β-unsaturated/α-hetero) is 1. The van der Waals surface area contributed by atoms with E-state index in [2.05, 4.69) is 26.1 Å². The van der Waals surface area contributed by atoms with E-state index in [1.807, 2.05) is 6.08 Å². The Labute approximate surface area is 195 Å². The van der Waals surface area contributed by atoms with Crippen molar-refractivity contribution in [3.63, 3.8) is 0 Å². The van der Waals surface area contributed by atoms with Crippen LogP contribution >= 0.6 is 0 Å². The van der Waals surface area contributed by atoms with Gasteiger partial charge in [-0.1, -0.05) is 32.4 Å². The summed E-state index contributed by atoms with van der Waals surface area (Å²) < 4.78 is 12.8. The zero-order valence-electron chi connectivity index (χ0n) is 19.9. The summed E-state index contributed by atoms with van der Waals surface area (Å²) >= 11 is 0. The smallest absolute Gasteiger partial charge is 0.193 e. The first-order chi connectivity index (χ1) is 15.7. The van der Waals surface area contributed by atoms with Crippen molar-refractivity contribution in [2.24, 2.45) is 28.6 Å². The van der Waals surface area contributed by atoms with Crippen molar-refractivity contribution in [1.29, 1.82) is 0 Å². The van der Waals surface area contributed by atoms with E-state index in [1.54, 1.807) is 12.2 Å². The number of hydrogen-bond acceptors (Lipinski definition) is 7. The fourth-order valence-electron chi connectivity index (χ4n) is 8.25. The predicted molar refractivity (Wildman–Crippen MR) is 121 cm³/mol. The molecule has 1 heterocycles. The minimum atomic E-state index is -1.24. The molecular weight excluding hydrogens is 422 g/mol. The average Bonchev–Trinajstić information content (AvgIpc) is 3.26. The maximum absolute atomic E-state index is 13.3.